The van der Waals surface area contributed by atoms with Gasteiger partial charge in [-0.15, -0.1) is 13.2 Å². The molecule has 0 fully saturated rings. The molecule has 0 bridgehead atoms. The Balaban J connectivity index is 2.55. The molecule has 0 heterocycles. The van der Waals surface area contributed by atoms with Crippen LogP contribution in [-0.4, -0.2) is 18.9 Å². The van der Waals surface area contributed by atoms with Crippen LogP contribution in [0.25, 0.3) is 10.8 Å². The maximum Gasteiger partial charge on any atom is 0.573 e. The summed E-state index contributed by atoms with van der Waals surface area (Å²) in [6, 6.07) is 8.58. The third-order valence-corrected chi connectivity index (χ3v) is 2.61. The molecule has 0 aliphatic rings. The Labute approximate surface area is 112 Å². The van der Waals surface area contributed by atoms with E-state index in [1.807, 2.05) is 0 Å². The van der Waals surface area contributed by atoms with Gasteiger partial charge in [-0.05, 0) is 24.4 Å². The average molecular weight is 284 g/mol. The highest BCUT2D eigenvalue weighted by molar-refractivity contribution is 6.06. The fourth-order valence-corrected chi connectivity index (χ4v) is 1.87. The number of rotatable bonds is 3. The van der Waals surface area contributed by atoms with E-state index in [4.69, 9.17) is 4.74 Å². The van der Waals surface area contributed by atoms with Crippen LogP contribution in [0.4, 0.5) is 13.2 Å². The largest absolute Gasteiger partial charge is 0.573 e. The standard InChI is InChI=1S/C14H11F3O3/c1-2-19-13(18)11-7-8-12(20-14(15,16)17)10-6-4-3-5-9(10)11/h3-8H,2H2,1H3. The van der Waals surface area contributed by atoms with Crippen LogP contribution in [0.3, 0.4) is 0 Å². The summed E-state index contributed by atoms with van der Waals surface area (Å²) in [5.41, 5.74) is 0.206. The minimum atomic E-state index is -4.78. The zero-order valence-corrected chi connectivity index (χ0v) is 10.5. The van der Waals surface area contributed by atoms with E-state index in [0.717, 1.165) is 6.07 Å². The first-order chi connectivity index (χ1) is 9.42. The van der Waals surface area contributed by atoms with E-state index in [0.29, 0.717) is 5.39 Å². The van der Waals surface area contributed by atoms with E-state index in [2.05, 4.69) is 4.74 Å². The highest BCUT2D eigenvalue weighted by atomic mass is 19.4. The van der Waals surface area contributed by atoms with Crippen LogP contribution in [-0.2, 0) is 4.74 Å². The van der Waals surface area contributed by atoms with Crippen molar-refractivity contribution in [2.24, 2.45) is 0 Å². The summed E-state index contributed by atoms with van der Waals surface area (Å²) < 4.78 is 45.8. The second-order valence-corrected chi connectivity index (χ2v) is 3.93. The topological polar surface area (TPSA) is 35.5 Å². The fourth-order valence-electron chi connectivity index (χ4n) is 1.87. The first-order valence-corrected chi connectivity index (χ1v) is 5.87. The Morgan fingerprint density at radius 1 is 1.10 bits per heavy atom. The van der Waals surface area contributed by atoms with Gasteiger partial charge in [0.05, 0.1) is 12.2 Å². The Bertz CT molecular complexity index is 635. The molecule has 0 radical (unpaired) electrons. The van der Waals surface area contributed by atoms with E-state index in [1.165, 1.54) is 12.1 Å². The van der Waals surface area contributed by atoms with E-state index in [1.54, 1.807) is 25.1 Å². The number of carbonyl (C=O) groups is 1. The van der Waals surface area contributed by atoms with Gasteiger partial charge in [0.1, 0.15) is 5.75 Å². The Morgan fingerprint density at radius 3 is 2.35 bits per heavy atom. The number of hydrogen-bond acceptors (Lipinski definition) is 3. The minimum absolute atomic E-state index is 0.188. The lowest BCUT2D eigenvalue weighted by Gasteiger charge is -2.13. The summed E-state index contributed by atoms with van der Waals surface area (Å²) in [6.45, 7) is 1.84. The quantitative estimate of drug-likeness (QED) is 0.801. The van der Waals surface area contributed by atoms with Crippen molar-refractivity contribution in [3.63, 3.8) is 0 Å². The van der Waals surface area contributed by atoms with Crippen molar-refractivity contribution in [2.45, 2.75) is 13.3 Å². The molecule has 0 aromatic heterocycles. The zero-order valence-electron chi connectivity index (χ0n) is 10.5. The van der Waals surface area contributed by atoms with Crippen LogP contribution >= 0.6 is 0 Å². The summed E-state index contributed by atoms with van der Waals surface area (Å²) >= 11 is 0. The molecular weight excluding hydrogens is 273 g/mol. The number of carbonyl (C=O) groups excluding carboxylic acids is 1. The van der Waals surface area contributed by atoms with Gasteiger partial charge in [0.2, 0.25) is 0 Å². The molecule has 0 aliphatic heterocycles. The van der Waals surface area contributed by atoms with E-state index >= 15 is 0 Å². The maximum atomic E-state index is 12.3. The predicted octanol–water partition coefficient (Wildman–Crippen LogP) is 3.92. The van der Waals surface area contributed by atoms with Crippen LogP contribution in [0.2, 0.25) is 0 Å². The third-order valence-electron chi connectivity index (χ3n) is 2.61. The summed E-state index contributed by atoms with van der Waals surface area (Å²) in [5, 5.41) is 0.558. The van der Waals surface area contributed by atoms with Crippen molar-refractivity contribution in [1.82, 2.24) is 0 Å². The lowest BCUT2D eigenvalue weighted by atomic mass is 10.0. The van der Waals surface area contributed by atoms with Crippen molar-refractivity contribution in [2.75, 3.05) is 6.61 Å². The lowest BCUT2D eigenvalue weighted by Crippen LogP contribution is -2.17. The van der Waals surface area contributed by atoms with Crippen molar-refractivity contribution in [3.8, 4) is 5.75 Å². The molecule has 20 heavy (non-hydrogen) atoms. The second kappa shape index (κ2) is 5.40. The first kappa shape index (κ1) is 14.2. The molecule has 6 heteroatoms. The van der Waals surface area contributed by atoms with Gasteiger partial charge < -0.3 is 9.47 Å². The molecule has 2 aromatic rings. The molecule has 2 rings (SSSR count). The number of benzene rings is 2. The average Bonchev–Trinajstić information content (AvgIpc) is 2.37. The number of alkyl halides is 3. The van der Waals surface area contributed by atoms with Crippen LogP contribution in [0.1, 0.15) is 17.3 Å². The van der Waals surface area contributed by atoms with Crippen molar-refractivity contribution in [3.05, 3.63) is 42.0 Å². The summed E-state index contributed by atoms with van der Waals surface area (Å²) in [4.78, 5) is 11.8. The van der Waals surface area contributed by atoms with Crippen LogP contribution in [0, 0.1) is 0 Å². The van der Waals surface area contributed by atoms with Gasteiger partial charge in [0, 0.05) is 5.39 Å². The van der Waals surface area contributed by atoms with Gasteiger partial charge in [-0.2, -0.15) is 0 Å². The first-order valence-electron chi connectivity index (χ1n) is 5.87. The molecule has 106 valence electrons. The summed E-state index contributed by atoms with van der Waals surface area (Å²) in [7, 11) is 0. The molecule has 0 atom stereocenters. The number of ether oxygens (including phenoxy) is 2. The second-order valence-electron chi connectivity index (χ2n) is 3.93. The molecule has 0 saturated carbocycles. The van der Waals surface area contributed by atoms with Gasteiger partial charge in [-0.1, -0.05) is 24.3 Å². The molecule has 3 nitrogen and oxygen atoms in total. The van der Waals surface area contributed by atoms with E-state index in [-0.39, 0.29) is 23.3 Å². The molecule has 2 aromatic carbocycles. The number of esters is 1. The third kappa shape index (κ3) is 3.01. The van der Waals surface area contributed by atoms with Crippen LogP contribution in [0.15, 0.2) is 36.4 Å². The highest BCUT2D eigenvalue weighted by Crippen LogP contribution is 2.32. The molecule has 0 aliphatic carbocycles. The monoisotopic (exact) mass is 284 g/mol. The molecular formula is C14H11F3O3. The molecule has 0 saturated heterocycles. The normalized spacial score (nSPS) is 11.4. The van der Waals surface area contributed by atoms with Gasteiger partial charge in [0.25, 0.3) is 0 Å². The van der Waals surface area contributed by atoms with Gasteiger partial charge in [-0.3, -0.25) is 0 Å². The van der Waals surface area contributed by atoms with Crippen molar-refractivity contribution >= 4 is 16.7 Å². The molecule has 0 spiro atoms. The van der Waals surface area contributed by atoms with Crippen LogP contribution in [0.5, 0.6) is 5.75 Å². The predicted molar refractivity (Wildman–Crippen MR) is 66.6 cm³/mol. The Hall–Kier alpha value is -2.24. The smallest absolute Gasteiger partial charge is 0.462 e. The number of halogens is 3. The van der Waals surface area contributed by atoms with E-state index < -0.39 is 12.3 Å². The van der Waals surface area contributed by atoms with Crippen molar-refractivity contribution in [1.29, 1.82) is 0 Å². The van der Waals surface area contributed by atoms with Crippen molar-refractivity contribution < 1.29 is 27.4 Å². The lowest BCUT2D eigenvalue weighted by molar-refractivity contribution is -0.274. The van der Waals surface area contributed by atoms with Crippen LogP contribution < -0.4 is 4.74 Å². The van der Waals surface area contributed by atoms with Gasteiger partial charge >= 0.3 is 12.3 Å². The zero-order chi connectivity index (χ0) is 14.8. The number of hydrogen-bond donors (Lipinski definition) is 0. The molecule has 0 unspecified atom stereocenters. The fraction of sp³-hybridized carbons (Fsp3) is 0.214. The maximum absolute atomic E-state index is 12.3. The Morgan fingerprint density at radius 2 is 1.75 bits per heavy atom. The SMILES string of the molecule is CCOC(=O)c1ccc(OC(F)(F)F)c2ccccc12. The van der Waals surface area contributed by atoms with Gasteiger partial charge in [-0.25, -0.2) is 4.79 Å². The van der Waals surface area contributed by atoms with Gasteiger partial charge in [0.15, 0.2) is 0 Å². The minimum Gasteiger partial charge on any atom is -0.462 e. The highest BCUT2D eigenvalue weighted by Gasteiger charge is 2.32. The molecule has 0 N–H and O–H groups in total. The molecule has 0 amide bonds. The number of fused-ring (bicyclic) bond motifs is 1. The summed E-state index contributed by atoms with van der Waals surface area (Å²) in [6.07, 6.45) is -4.78. The van der Waals surface area contributed by atoms with E-state index in [9.17, 15) is 18.0 Å². The Kier molecular flexibility index (Phi) is 3.83. The summed E-state index contributed by atoms with van der Waals surface area (Å²) in [5.74, 6) is -0.927.